The maximum absolute atomic E-state index is 6.01. The van der Waals surface area contributed by atoms with Gasteiger partial charge in [0, 0.05) is 23.5 Å². The number of fused-ring (bicyclic) bond motifs is 1. The van der Waals surface area contributed by atoms with Gasteiger partial charge in [0.1, 0.15) is 0 Å². The number of aryl methyl sites for hydroxylation is 1. The quantitative estimate of drug-likeness (QED) is 0.399. The summed E-state index contributed by atoms with van der Waals surface area (Å²) in [7, 11) is 0. The molecule has 0 aliphatic carbocycles. The lowest BCUT2D eigenvalue weighted by Gasteiger charge is -2.03. The molecule has 0 saturated carbocycles. The van der Waals surface area contributed by atoms with Gasteiger partial charge in [-0.3, -0.25) is 4.98 Å². The molecule has 2 aromatic heterocycles. The molecule has 28 heavy (non-hydrogen) atoms. The first-order chi connectivity index (χ1) is 13.8. The molecule has 3 aromatic carbocycles. The molecule has 0 atom stereocenters. The van der Waals surface area contributed by atoms with Crippen LogP contribution in [0.15, 0.2) is 89.6 Å². The van der Waals surface area contributed by atoms with E-state index in [2.05, 4.69) is 64.6 Å². The Hall–Kier alpha value is -3.79. The predicted octanol–water partition coefficient (Wildman–Crippen LogP) is 5.93. The average Bonchev–Trinajstić information content (AvgIpc) is 3.24. The number of hydrogen-bond acceptors (Lipinski definition) is 4. The van der Waals surface area contributed by atoms with Gasteiger partial charge in [0.05, 0.1) is 5.56 Å². The van der Waals surface area contributed by atoms with Crippen LogP contribution in [0.1, 0.15) is 5.56 Å². The highest BCUT2D eigenvalue weighted by atomic mass is 16.4. The van der Waals surface area contributed by atoms with Crippen molar-refractivity contribution in [1.29, 1.82) is 0 Å². The molecule has 0 aliphatic heterocycles. The van der Waals surface area contributed by atoms with E-state index in [1.165, 1.54) is 5.56 Å². The van der Waals surface area contributed by atoms with Crippen LogP contribution in [0.3, 0.4) is 0 Å². The van der Waals surface area contributed by atoms with Crippen LogP contribution in [0, 0.1) is 6.92 Å². The molecular formula is C24H17N3O. The molecule has 5 rings (SSSR count). The van der Waals surface area contributed by atoms with Crippen LogP contribution in [0.2, 0.25) is 0 Å². The Balaban J connectivity index is 1.55. The molecule has 134 valence electrons. The maximum atomic E-state index is 6.01. The van der Waals surface area contributed by atoms with Gasteiger partial charge < -0.3 is 4.42 Å². The first kappa shape index (κ1) is 16.4. The molecule has 4 heteroatoms. The maximum Gasteiger partial charge on any atom is 0.249 e. The summed E-state index contributed by atoms with van der Waals surface area (Å²) in [5.41, 5.74) is 5.08. The summed E-state index contributed by atoms with van der Waals surface area (Å²) in [5.74, 6) is 0.969. The van der Waals surface area contributed by atoms with Gasteiger partial charge in [-0.2, -0.15) is 0 Å². The van der Waals surface area contributed by atoms with Gasteiger partial charge in [0.25, 0.3) is 0 Å². The van der Waals surface area contributed by atoms with Crippen LogP contribution >= 0.6 is 0 Å². The summed E-state index contributed by atoms with van der Waals surface area (Å²) in [6, 6.07) is 24.6. The minimum absolute atomic E-state index is 0.462. The van der Waals surface area contributed by atoms with Crippen molar-refractivity contribution in [2.75, 3.05) is 0 Å². The zero-order valence-electron chi connectivity index (χ0n) is 15.3. The number of rotatable bonds is 3. The highest BCUT2D eigenvalue weighted by molar-refractivity contribution is 5.94. The second-order valence-corrected chi connectivity index (χ2v) is 6.77. The second kappa shape index (κ2) is 6.74. The Labute approximate surface area is 162 Å². The third kappa shape index (κ3) is 2.95. The van der Waals surface area contributed by atoms with Crippen LogP contribution in [0.25, 0.3) is 44.8 Å². The fourth-order valence-electron chi connectivity index (χ4n) is 3.32. The molecule has 0 fully saturated rings. The van der Waals surface area contributed by atoms with Gasteiger partial charge in [-0.25, -0.2) is 0 Å². The molecule has 2 heterocycles. The van der Waals surface area contributed by atoms with Crippen molar-refractivity contribution >= 4 is 10.8 Å². The van der Waals surface area contributed by atoms with E-state index in [1.807, 2.05) is 36.5 Å². The zero-order chi connectivity index (χ0) is 18.9. The fourth-order valence-corrected chi connectivity index (χ4v) is 3.32. The predicted molar refractivity (Wildman–Crippen MR) is 111 cm³/mol. The molecule has 0 saturated heterocycles. The first-order valence-electron chi connectivity index (χ1n) is 9.12. The van der Waals surface area contributed by atoms with E-state index in [9.17, 15) is 0 Å². The molecule has 0 spiro atoms. The van der Waals surface area contributed by atoms with Crippen molar-refractivity contribution in [2.24, 2.45) is 0 Å². The number of hydrogen-bond donors (Lipinski definition) is 0. The summed E-state index contributed by atoms with van der Waals surface area (Å²) < 4.78 is 6.01. The monoisotopic (exact) mass is 363 g/mol. The van der Waals surface area contributed by atoms with Crippen molar-refractivity contribution in [2.45, 2.75) is 6.92 Å². The molecule has 4 nitrogen and oxygen atoms in total. The molecule has 5 aromatic rings. The number of benzene rings is 3. The van der Waals surface area contributed by atoms with Crippen LogP contribution in [0.5, 0.6) is 0 Å². The van der Waals surface area contributed by atoms with Gasteiger partial charge in [-0.1, -0.05) is 66.2 Å². The van der Waals surface area contributed by atoms with Gasteiger partial charge in [-0.05, 0) is 35.4 Å². The van der Waals surface area contributed by atoms with Crippen molar-refractivity contribution < 1.29 is 4.42 Å². The summed E-state index contributed by atoms with van der Waals surface area (Å²) in [5, 5.41) is 10.8. The molecule has 0 N–H and O–H groups in total. The van der Waals surface area contributed by atoms with E-state index in [0.717, 1.165) is 33.0 Å². The van der Waals surface area contributed by atoms with Gasteiger partial charge in [0.2, 0.25) is 11.8 Å². The molecule has 0 amide bonds. The van der Waals surface area contributed by atoms with E-state index in [1.54, 1.807) is 6.20 Å². The highest BCUT2D eigenvalue weighted by Gasteiger charge is 2.14. The standard InChI is InChI=1S/C24H17N3O/c1-16-9-11-17(12-10-16)19-13-20(15-25-14-19)23-26-27-24(28-23)22-8-4-6-18-5-2-3-7-21(18)22/h2-15H,1H3. The van der Waals surface area contributed by atoms with Gasteiger partial charge >= 0.3 is 0 Å². The van der Waals surface area contributed by atoms with Gasteiger partial charge in [0.15, 0.2) is 0 Å². The topological polar surface area (TPSA) is 51.8 Å². The Bertz CT molecular complexity index is 1270. The van der Waals surface area contributed by atoms with Crippen molar-refractivity contribution in [3.63, 3.8) is 0 Å². The summed E-state index contributed by atoms with van der Waals surface area (Å²) in [6.07, 6.45) is 3.59. The van der Waals surface area contributed by atoms with Crippen LogP contribution in [-0.2, 0) is 0 Å². The third-order valence-corrected chi connectivity index (χ3v) is 4.82. The van der Waals surface area contributed by atoms with Crippen molar-refractivity contribution in [3.8, 4) is 34.0 Å². The SMILES string of the molecule is Cc1ccc(-c2cncc(-c3nnc(-c4cccc5ccccc45)o3)c2)cc1. The Morgan fingerprint density at radius 2 is 1.43 bits per heavy atom. The van der Waals surface area contributed by atoms with Gasteiger partial charge in [-0.15, -0.1) is 10.2 Å². The van der Waals surface area contributed by atoms with Crippen LogP contribution < -0.4 is 0 Å². The lowest BCUT2D eigenvalue weighted by Crippen LogP contribution is -1.84. The van der Waals surface area contributed by atoms with E-state index in [-0.39, 0.29) is 0 Å². The van der Waals surface area contributed by atoms with Crippen molar-refractivity contribution in [3.05, 3.63) is 90.8 Å². The molecule has 0 bridgehead atoms. The van der Waals surface area contributed by atoms with Crippen molar-refractivity contribution in [1.82, 2.24) is 15.2 Å². The molecule has 0 aliphatic rings. The van der Waals surface area contributed by atoms with Crippen LogP contribution in [0.4, 0.5) is 0 Å². The largest absolute Gasteiger partial charge is 0.416 e. The Kier molecular flexibility index (Phi) is 3.95. The highest BCUT2D eigenvalue weighted by Crippen LogP contribution is 2.30. The van der Waals surface area contributed by atoms with E-state index >= 15 is 0 Å². The average molecular weight is 363 g/mol. The summed E-state index contributed by atoms with van der Waals surface area (Å²) >= 11 is 0. The van der Waals surface area contributed by atoms with E-state index in [4.69, 9.17) is 4.42 Å². The molecule has 0 radical (unpaired) electrons. The number of nitrogens with zero attached hydrogens (tertiary/aromatic N) is 3. The fraction of sp³-hybridized carbons (Fsp3) is 0.0417. The van der Waals surface area contributed by atoms with Crippen LogP contribution in [-0.4, -0.2) is 15.2 Å². The lowest BCUT2D eigenvalue weighted by molar-refractivity contribution is 0.585. The number of aromatic nitrogens is 3. The Morgan fingerprint density at radius 3 is 2.32 bits per heavy atom. The number of pyridine rings is 1. The summed E-state index contributed by atoms with van der Waals surface area (Å²) in [4.78, 5) is 4.36. The second-order valence-electron chi connectivity index (χ2n) is 6.77. The smallest absolute Gasteiger partial charge is 0.249 e. The summed E-state index contributed by atoms with van der Waals surface area (Å²) in [6.45, 7) is 2.08. The third-order valence-electron chi connectivity index (χ3n) is 4.82. The Morgan fingerprint density at radius 1 is 0.679 bits per heavy atom. The normalized spacial score (nSPS) is 11.0. The lowest BCUT2D eigenvalue weighted by atomic mass is 10.0. The van der Waals surface area contributed by atoms with E-state index in [0.29, 0.717) is 11.8 Å². The van der Waals surface area contributed by atoms with E-state index < -0.39 is 0 Å². The molecular weight excluding hydrogens is 346 g/mol. The first-order valence-corrected chi connectivity index (χ1v) is 9.12. The minimum atomic E-state index is 0.462. The zero-order valence-corrected chi connectivity index (χ0v) is 15.3. The minimum Gasteiger partial charge on any atom is -0.416 e. The molecule has 0 unspecified atom stereocenters.